The molecule has 1 heterocycles. The highest BCUT2D eigenvalue weighted by Gasteiger charge is 2.45. The van der Waals surface area contributed by atoms with Gasteiger partial charge in [0, 0.05) is 6.61 Å². The van der Waals surface area contributed by atoms with Crippen molar-refractivity contribution in [3.63, 3.8) is 0 Å². The Morgan fingerprint density at radius 2 is 2.00 bits per heavy atom. The van der Waals surface area contributed by atoms with E-state index in [0.29, 0.717) is 6.42 Å². The minimum atomic E-state index is -0.847. The normalized spacial score (nSPS) is 25.8. The molecule has 0 aromatic rings. The summed E-state index contributed by atoms with van der Waals surface area (Å²) in [5.41, 5.74) is -0.573. The average Bonchev–Trinajstić information content (AvgIpc) is 2.73. The molecule has 0 aliphatic carbocycles. The number of amides is 1. The molecule has 3 atom stereocenters. The van der Waals surface area contributed by atoms with Crippen LogP contribution in [-0.4, -0.2) is 59.2 Å². The molecule has 0 aromatic carbocycles. The lowest BCUT2D eigenvalue weighted by atomic mass is 10.0. The van der Waals surface area contributed by atoms with Crippen molar-refractivity contribution < 1.29 is 29.2 Å². The summed E-state index contributed by atoms with van der Waals surface area (Å²) in [5.74, 6) is -0.847. The Balaban J connectivity index is 2.74. The molecule has 0 bridgehead atoms. The summed E-state index contributed by atoms with van der Waals surface area (Å²) in [6.45, 7) is 8.70. The van der Waals surface area contributed by atoms with Crippen molar-refractivity contribution in [2.45, 2.75) is 77.1 Å². The maximum Gasteiger partial charge on any atom is 0.407 e. The van der Waals surface area contributed by atoms with Crippen LogP contribution in [0, 0.1) is 0 Å². The highest BCUT2D eigenvalue weighted by atomic mass is 16.8. The van der Waals surface area contributed by atoms with Crippen molar-refractivity contribution in [3.05, 3.63) is 0 Å². The molecular formula is C15H29NO6. The number of nitrogens with one attached hydrogen (secondary N) is 1. The Morgan fingerprint density at radius 1 is 1.36 bits per heavy atom. The molecule has 1 rings (SSSR count). The largest absolute Gasteiger partial charge is 0.444 e. The standard InChI is InChI=1S/C15H29NO6/c1-6-14(2,3)22-13(19)16-10(7-8-17)12-11(9-18)20-15(4,5)21-12/h10-12,17-18H,6-9H2,1-5H3,(H,16,19)/t10-,11+,12-/m0/s1. The maximum atomic E-state index is 12.0. The third kappa shape index (κ3) is 5.39. The van der Waals surface area contributed by atoms with Crippen LogP contribution in [-0.2, 0) is 14.2 Å². The van der Waals surface area contributed by atoms with Crippen LogP contribution >= 0.6 is 0 Å². The first-order valence-corrected chi connectivity index (χ1v) is 7.71. The molecule has 0 aromatic heterocycles. The van der Waals surface area contributed by atoms with Gasteiger partial charge in [-0.2, -0.15) is 0 Å². The first-order chi connectivity index (χ1) is 10.1. The number of rotatable bonds is 7. The number of aliphatic hydroxyl groups is 2. The van der Waals surface area contributed by atoms with E-state index in [0.717, 1.165) is 0 Å². The molecule has 130 valence electrons. The molecule has 1 aliphatic heterocycles. The summed E-state index contributed by atoms with van der Waals surface area (Å²) >= 11 is 0. The second-order valence-corrected chi connectivity index (χ2v) is 6.59. The fourth-order valence-corrected chi connectivity index (χ4v) is 2.31. The van der Waals surface area contributed by atoms with Gasteiger partial charge in [-0.3, -0.25) is 0 Å². The van der Waals surface area contributed by atoms with E-state index >= 15 is 0 Å². The van der Waals surface area contributed by atoms with Gasteiger partial charge in [0.25, 0.3) is 0 Å². The van der Waals surface area contributed by atoms with Gasteiger partial charge >= 0.3 is 6.09 Å². The molecule has 3 N–H and O–H groups in total. The molecule has 7 nitrogen and oxygen atoms in total. The second-order valence-electron chi connectivity index (χ2n) is 6.59. The number of ether oxygens (including phenoxy) is 3. The van der Waals surface area contributed by atoms with Crippen LogP contribution in [0.5, 0.6) is 0 Å². The van der Waals surface area contributed by atoms with Crippen molar-refractivity contribution in [1.29, 1.82) is 0 Å². The minimum absolute atomic E-state index is 0.124. The highest BCUT2D eigenvalue weighted by Crippen LogP contribution is 2.30. The molecule has 0 spiro atoms. The summed E-state index contributed by atoms with van der Waals surface area (Å²) in [5, 5.41) is 21.4. The van der Waals surface area contributed by atoms with Crippen LogP contribution in [0.25, 0.3) is 0 Å². The van der Waals surface area contributed by atoms with Crippen molar-refractivity contribution in [2.75, 3.05) is 13.2 Å². The first kappa shape index (κ1) is 19.2. The highest BCUT2D eigenvalue weighted by molar-refractivity contribution is 5.68. The van der Waals surface area contributed by atoms with Crippen molar-refractivity contribution >= 4 is 6.09 Å². The van der Waals surface area contributed by atoms with Gasteiger partial charge in [-0.15, -0.1) is 0 Å². The second kappa shape index (κ2) is 7.59. The molecule has 0 radical (unpaired) electrons. The van der Waals surface area contributed by atoms with E-state index in [1.165, 1.54) is 0 Å². The molecule has 0 unspecified atom stereocenters. The van der Waals surface area contributed by atoms with E-state index in [9.17, 15) is 15.0 Å². The SMILES string of the molecule is CCC(C)(C)OC(=O)N[C@@H](CCO)[C@@H]1OC(C)(C)O[C@@H]1CO. The third-order valence-corrected chi connectivity index (χ3v) is 3.76. The first-order valence-electron chi connectivity index (χ1n) is 7.71. The van der Waals surface area contributed by atoms with Gasteiger partial charge in [-0.05, 0) is 40.5 Å². The van der Waals surface area contributed by atoms with Crippen LogP contribution in [0.15, 0.2) is 0 Å². The number of carbonyl (C=O) groups excluding carboxylic acids is 1. The van der Waals surface area contributed by atoms with Gasteiger partial charge in [0.1, 0.15) is 17.8 Å². The van der Waals surface area contributed by atoms with Crippen molar-refractivity contribution in [3.8, 4) is 0 Å². The van der Waals surface area contributed by atoms with E-state index in [1.54, 1.807) is 13.8 Å². The molecule has 1 amide bonds. The van der Waals surface area contributed by atoms with E-state index in [1.807, 2.05) is 20.8 Å². The van der Waals surface area contributed by atoms with Crippen LogP contribution in [0.1, 0.15) is 47.5 Å². The third-order valence-electron chi connectivity index (χ3n) is 3.76. The predicted octanol–water partition coefficient (Wildman–Crippen LogP) is 1.16. The van der Waals surface area contributed by atoms with Gasteiger partial charge in [-0.25, -0.2) is 4.79 Å². The monoisotopic (exact) mass is 319 g/mol. The lowest BCUT2D eigenvalue weighted by Gasteiger charge is -2.29. The lowest BCUT2D eigenvalue weighted by Crippen LogP contribution is -2.50. The Hall–Kier alpha value is -0.890. The number of carbonyl (C=O) groups is 1. The Bertz CT molecular complexity index is 371. The van der Waals surface area contributed by atoms with Gasteiger partial charge in [0.2, 0.25) is 0 Å². The van der Waals surface area contributed by atoms with Gasteiger partial charge in [0.15, 0.2) is 5.79 Å². The number of hydrogen-bond donors (Lipinski definition) is 3. The molecule has 1 fully saturated rings. The minimum Gasteiger partial charge on any atom is -0.444 e. The van der Waals surface area contributed by atoms with E-state index < -0.39 is 35.7 Å². The number of hydrogen-bond acceptors (Lipinski definition) is 6. The smallest absolute Gasteiger partial charge is 0.407 e. The Morgan fingerprint density at radius 3 is 2.50 bits per heavy atom. The molecule has 1 saturated heterocycles. The number of alkyl carbamates (subject to hydrolysis) is 1. The fourth-order valence-electron chi connectivity index (χ4n) is 2.31. The van der Waals surface area contributed by atoms with E-state index in [4.69, 9.17) is 14.2 Å². The summed E-state index contributed by atoms with van der Waals surface area (Å²) in [7, 11) is 0. The zero-order valence-corrected chi connectivity index (χ0v) is 14.1. The zero-order chi connectivity index (χ0) is 17.0. The molecule has 0 saturated carbocycles. The van der Waals surface area contributed by atoms with Gasteiger partial charge in [0.05, 0.1) is 12.6 Å². The van der Waals surface area contributed by atoms with Gasteiger partial charge < -0.3 is 29.7 Å². The Kier molecular flexibility index (Phi) is 6.61. The van der Waals surface area contributed by atoms with E-state index in [-0.39, 0.29) is 19.6 Å². The zero-order valence-electron chi connectivity index (χ0n) is 14.1. The molecular weight excluding hydrogens is 290 g/mol. The van der Waals surface area contributed by atoms with Crippen LogP contribution in [0.2, 0.25) is 0 Å². The Labute approximate surface area is 131 Å². The van der Waals surface area contributed by atoms with Crippen LogP contribution in [0.3, 0.4) is 0 Å². The molecule has 22 heavy (non-hydrogen) atoms. The summed E-state index contributed by atoms with van der Waals surface area (Å²) in [6, 6.07) is -0.510. The number of aliphatic hydroxyl groups excluding tert-OH is 2. The molecule has 1 aliphatic rings. The topological polar surface area (TPSA) is 97.3 Å². The fraction of sp³-hybridized carbons (Fsp3) is 0.933. The van der Waals surface area contributed by atoms with Crippen molar-refractivity contribution in [1.82, 2.24) is 5.32 Å². The lowest BCUT2D eigenvalue weighted by molar-refractivity contribution is -0.151. The maximum absolute atomic E-state index is 12.0. The van der Waals surface area contributed by atoms with Crippen LogP contribution < -0.4 is 5.32 Å². The molecule has 7 heteroatoms. The van der Waals surface area contributed by atoms with Gasteiger partial charge in [-0.1, -0.05) is 6.92 Å². The predicted molar refractivity (Wildman–Crippen MR) is 80.4 cm³/mol. The summed E-state index contributed by atoms with van der Waals surface area (Å²) < 4.78 is 16.7. The van der Waals surface area contributed by atoms with E-state index in [2.05, 4.69) is 5.32 Å². The summed E-state index contributed by atoms with van der Waals surface area (Å²) in [6.07, 6.45) is -0.728. The summed E-state index contributed by atoms with van der Waals surface area (Å²) in [4.78, 5) is 12.0. The van der Waals surface area contributed by atoms with Crippen molar-refractivity contribution in [2.24, 2.45) is 0 Å². The average molecular weight is 319 g/mol. The van der Waals surface area contributed by atoms with Crippen LogP contribution in [0.4, 0.5) is 4.79 Å². The quantitative estimate of drug-likeness (QED) is 0.651.